The van der Waals surface area contributed by atoms with E-state index in [0.29, 0.717) is 12.6 Å². The number of halogens is 1. The molecule has 23 heavy (non-hydrogen) atoms. The summed E-state index contributed by atoms with van der Waals surface area (Å²) in [7, 11) is 0. The molecule has 4 rings (SSSR count). The van der Waals surface area contributed by atoms with Crippen molar-refractivity contribution in [1.29, 1.82) is 0 Å². The number of anilines is 1. The van der Waals surface area contributed by atoms with Gasteiger partial charge in [0.05, 0.1) is 43.5 Å². The molecule has 6 nitrogen and oxygen atoms in total. The topological polar surface area (TPSA) is 63.4 Å². The van der Waals surface area contributed by atoms with Crippen LogP contribution >= 0.6 is 0 Å². The monoisotopic (exact) mass is 318 g/mol. The first kappa shape index (κ1) is 14.6. The number of hydrogen-bond acceptors (Lipinski definition) is 6. The van der Waals surface area contributed by atoms with E-state index in [-0.39, 0.29) is 11.6 Å². The van der Waals surface area contributed by atoms with Crippen molar-refractivity contribution in [2.75, 3.05) is 25.0 Å². The highest BCUT2D eigenvalue weighted by molar-refractivity contribution is 5.26. The zero-order valence-corrected chi connectivity index (χ0v) is 12.7. The fraction of sp³-hybridized carbons (Fsp3) is 0.500. The Labute approximate surface area is 133 Å². The molecule has 0 saturated carbocycles. The van der Waals surface area contributed by atoms with Crippen LogP contribution in [0.2, 0.25) is 0 Å². The van der Waals surface area contributed by atoms with E-state index in [2.05, 4.69) is 20.2 Å². The standard InChI is InChI=1S/C16H19FN4O2/c17-12-7-18-15(19-8-12)20-13-6-16(23-10-13)3-4-21(11-16)9-14-2-1-5-22-14/h1-2,5,7-8,13H,3-4,6,9-11H2,(H,18,19,20). The minimum absolute atomic E-state index is 0.107. The van der Waals surface area contributed by atoms with E-state index in [9.17, 15) is 4.39 Å². The van der Waals surface area contributed by atoms with Crippen LogP contribution < -0.4 is 5.32 Å². The molecule has 4 heterocycles. The Balaban J connectivity index is 1.33. The second-order valence-electron chi connectivity index (χ2n) is 6.30. The summed E-state index contributed by atoms with van der Waals surface area (Å²) >= 11 is 0. The van der Waals surface area contributed by atoms with Crippen LogP contribution in [0.1, 0.15) is 18.6 Å². The third-order valence-corrected chi connectivity index (χ3v) is 4.52. The lowest BCUT2D eigenvalue weighted by Crippen LogP contribution is -2.33. The molecule has 2 atom stereocenters. The van der Waals surface area contributed by atoms with Crippen molar-refractivity contribution in [3.8, 4) is 0 Å². The summed E-state index contributed by atoms with van der Waals surface area (Å²) in [6.07, 6.45) is 5.96. The van der Waals surface area contributed by atoms with Gasteiger partial charge < -0.3 is 14.5 Å². The molecule has 7 heteroatoms. The molecule has 2 aromatic rings. The summed E-state index contributed by atoms with van der Waals surface area (Å²) in [5, 5.41) is 3.23. The smallest absolute Gasteiger partial charge is 0.223 e. The normalized spacial score (nSPS) is 27.8. The first-order chi connectivity index (χ1) is 11.2. The molecule has 122 valence electrons. The van der Waals surface area contributed by atoms with Gasteiger partial charge in [0.2, 0.25) is 5.95 Å². The first-order valence-electron chi connectivity index (χ1n) is 7.84. The van der Waals surface area contributed by atoms with Crippen molar-refractivity contribution in [2.24, 2.45) is 0 Å². The first-order valence-corrected chi connectivity index (χ1v) is 7.84. The maximum Gasteiger partial charge on any atom is 0.223 e. The summed E-state index contributed by atoms with van der Waals surface area (Å²) in [6, 6.07) is 4.07. The summed E-state index contributed by atoms with van der Waals surface area (Å²) in [5.74, 6) is 0.996. The van der Waals surface area contributed by atoms with E-state index in [1.165, 1.54) is 12.4 Å². The number of rotatable bonds is 4. The number of nitrogens with zero attached hydrogens (tertiary/aromatic N) is 3. The lowest BCUT2D eigenvalue weighted by Gasteiger charge is -2.23. The SMILES string of the molecule is Fc1cnc(NC2COC3(CCN(Cc4ccco4)C3)C2)nc1. The van der Waals surface area contributed by atoms with Gasteiger partial charge in [0.25, 0.3) is 0 Å². The quantitative estimate of drug-likeness (QED) is 0.931. The van der Waals surface area contributed by atoms with Crippen molar-refractivity contribution < 1.29 is 13.5 Å². The lowest BCUT2D eigenvalue weighted by molar-refractivity contribution is 0.0115. The number of hydrogen-bond donors (Lipinski definition) is 1. The highest BCUT2D eigenvalue weighted by Crippen LogP contribution is 2.36. The highest BCUT2D eigenvalue weighted by Gasteiger charge is 2.45. The van der Waals surface area contributed by atoms with Crippen LogP contribution in [0.5, 0.6) is 0 Å². The van der Waals surface area contributed by atoms with Crippen molar-refractivity contribution >= 4 is 5.95 Å². The van der Waals surface area contributed by atoms with Gasteiger partial charge in [-0.15, -0.1) is 0 Å². The summed E-state index contributed by atoms with van der Waals surface area (Å²) in [6.45, 7) is 3.34. The predicted octanol–water partition coefficient (Wildman–Crippen LogP) is 2.05. The van der Waals surface area contributed by atoms with Gasteiger partial charge in [0, 0.05) is 19.5 Å². The minimum Gasteiger partial charge on any atom is -0.468 e. The van der Waals surface area contributed by atoms with Gasteiger partial charge in [-0.05, 0) is 18.6 Å². The molecule has 1 N–H and O–H groups in total. The molecule has 0 aromatic carbocycles. The van der Waals surface area contributed by atoms with Crippen molar-refractivity contribution in [3.05, 3.63) is 42.4 Å². The number of aromatic nitrogens is 2. The molecule has 2 unspecified atom stereocenters. The number of likely N-dealkylation sites (tertiary alicyclic amines) is 1. The van der Waals surface area contributed by atoms with Gasteiger partial charge in [-0.3, -0.25) is 4.90 Å². The molecule has 2 fully saturated rings. The Morgan fingerprint density at radius 1 is 1.39 bits per heavy atom. The molecular weight excluding hydrogens is 299 g/mol. The zero-order chi connectivity index (χ0) is 15.7. The second kappa shape index (κ2) is 5.90. The maximum absolute atomic E-state index is 12.8. The Bertz CT molecular complexity index is 649. The molecule has 2 aromatic heterocycles. The Morgan fingerprint density at radius 3 is 3.04 bits per heavy atom. The minimum atomic E-state index is -0.431. The molecule has 0 bridgehead atoms. The maximum atomic E-state index is 12.8. The summed E-state index contributed by atoms with van der Waals surface area (Å²) in [5.41, 5.74) is -0.107. The van der Waals surface area contributed by atoms with E-state index < -0.39 is 5.82 Å². The van der Waals surface area contributed by atoms with E-state index in [1.807, 2.05) is 12.1 Å². The highest BCUT2D eigenvalue weighted by atomic mass is 19.1. The molecule has 1 spiro atoms. The van der Waals surface area contributed by atoms with Crippen molar-refractivity contribution in [1.82, 2.24) is 14.9 Å². The van der Waals surface area contributed by atoms with Crippen LogP contribution in [0, 0.1) is 5.82 Å². The lowest BCUT2D eigenvalue weighted by atomic mass is 9.97. The van der Waals surface area contributed by atoms with Crippen LogP contribution in [0.15, 0.2) is 35.2 Å². The summed E-state index contributed by atoms with van der Waals surface area (Å²) < 4.78 is 24.4. The van der Waals surface area contributed by atoms with Gasteiger partial charge >= 0.3 is 0 Å². The summed E-state index contributed by atoms with van der Waals surface area (Å²) in [4.78, 5) is 10.2. The molecular formula is C16H19FN4O2. The van der Waals surface area contributed by atoms with Gasteiger partial charge in [0.15, 0.2) is 5.82 Å². The van der Waals surface area contributed by atoms with Crippen molar-refractivity contribution in [2.45, 2.75) is 31.0 Å². The molecule has 0 aliphatic carbocycles. The molecule has 0 amide bonds. The van der Waals surface area contributed by atoms with Crippen LogP contribution in [0.25, 0.3) is 0 Å². The molecule has 2 aliphatic heterocycles. The fourth-order valence-corrected chi connectivity index (χ4v) is 3.48. The van der Waals surface area contributed by atoms with Crippen LogP contribution in [-0.2, 0) is 11.3 Å². The number of furan rings is 1. The Kier molecular flexibility index (Phi) is 3.74. The van der Waals surface area contributed by atoms with Crippen LogP contribution in [0.3, 0.4) is 0 Å². The van der Waals surface area contributed by atoms with Gasteiger partial charge in [-0.25, -0.2) is 14.4 Å². The van der Waals surface area contributed by atoms with Crippen LogP contribution in [0.4, 0.5) is 10.3 Å². The van der Waals surface area contributed by atoms with E-state index in [1.54, 1.807) is 6.26 Å². The second-order valence-corrected chi connectivity index (χ2v) is 6.30. The predicted molar refractivity (Wildman–Crippen MR) is 81.3 cm³/mol. The number of nitrogens with one attached hydrogen (secondary N) is 1. The van der Waals surface area contributed by atoms with Gasteiger partial charge in [-0.1, -0.05) is 0 Å². The zero-order valence-electron chi connectivity index (χ0n) is 12.7. The average Bonchev–Trinajstić information content (AvgIpc) is 3.26. The average molecular weight is 318 g/mol. The van der Waals surface area contributed by atoms with E-state index in [4.69, 9.17) is 9.15 Å². The Morgan fingerprint density at radius 2 is 2.26 bits per heavy atom. The molecule has 2 aliphatic rings. The van der Waals surface area contributed by atoms with Gasteiger partial charge in [0.1, 0.15) is 5.76 Å². The third-order valence-electron chi connectivity index (χ3n) is 4.52. The molecule has 2 saturated heterocycles. The van der Waals surface area contributed by atoms with E-state index >= 15 is 0 Å². The van der Waals surface area contributed by atoms with E-state index in [0.717, 1.165) is 38.2 Å². The van der Waals surface area contributed by atoms with Gasteiger partial charge in [-0.2, -0.15) is 0 Å². The van der Waals surface area contributed by atoms with Crippen molar-refractivity contribution in [3.63, 3.8) is 0 Å². The molecule has 0 radical (unpaired) electrons. The third kappa shape index (κ3) is 3.20. The van der Waals surface area contributed by atoms with Crippen LogP contribution in [-0.4, -0.2) is 46.2 Å². The number of ether oxygens (including phenoxy) is 1. The fourth-order valence-electron chi connectivity index (χ4n) is 3.48. The largest absolute Gasteiger partial charge is 0.468 e. The Hall–Kier alpha value is -1.99.